The fourth-order valence-electron chi connectivity index (χ4n) is 1.47. The smallest absolute Gasteiger partial charge is 0.172 e. The van der Waals surface area contributed by atoms with E-state index in [0.717, 1.165) is 29.3 Å². The molecule has 0 unspecified atom stereocenters. The molecule has 1 aliphatic heterocycles. The van der Waals surface area contributed by atoms with Crippen molar-refractivity contribution in [1.29, 1.82) is 0 Å². The maximum atomic E-state index is 5.44. The van der Waals surface area contributed by atoms with Gasteiger partial charge in [-0.05, 0) is 18.6 Å². The highest BCUT2D eigenvalue weighted by Gasteiger charge is 2.19. The molecule has 0 radical (unpaired) electrons. The van der Waals surface area contributed by atoms with E-state index < -0.39 is 0 Å². The van der Waals surface area contributed by atoms with Crippen LogP contribution in [0.2, 0.25) is 0 Å². The lowest BCUT2D eigenvalue weighted by Gasteiger charge is -2.20. The topological polar surface area (TPSA) is 27.7 Å². The quantitative estimate of drug-likeness (QED) is 0.671. The fourth-order valence-corrected chi connectivity index (χ4v) is 1.47. The first-order valence-electron chi connectivity index (χ1n) is 4.41. The van der Waals surface area contributed by atoms with Crippen molar-refractivity contribution in [3.8, 4) is 0 Å². The van der Waals surface area contributed by atoms with Crippen LogP contribution in [0.25, 0.3) is 0 Å². The van der Waals surface area contributed by atoms with E-state index in [9.17, 15) is 0 Å². The van der Waals surface area contributed by atoms with Gasteiger partial charge in [0.15, 0.2) is 17.3 Å². The number of ether oxygens (including phenoxy) is 3. The Bertz CT molecular complexity index is 359. The molecule has 0 spiro atoms. The first-order chi connectivity index (χ1) is 6.85. The summed E-state index contributed by atoms with van der Waals surface area (Å²) in [6.45, 7) is 0. The second-order valence-corrected chi connectivity index (χ2v) is 3.02. The monoisotopic (exact) mass is 192 g/mol. The van der Waals surface area contributed by atoms with E-state index >= 15 is 0 Å². The van der Waals surface area contributed by atoms with Crippen molar-refractivity contribution in [2.24, 2.45) is 0 Å². The predicted molar refractivity (Wildman–Crippen MR) is 52.1 cm³/mol. The van der Waals surface area contributed by atoms with Crippen LogP contribution in [-0.2, 0) is 14.2 Å². The van der Waals surface area contributed by atoms with Crippen molar-refractivity contribution in [3.05, 3.63) is 47.3 Å². The molecule has 1 aliphatic carbocycles. The maximum Gasteiger partial charge on any atom is 0.172 e. The van der Waals surface area contributed by atoms with E-state index in [0.29, 0.717) is 0 Å². The minimum absolute atomic E-state index is 0.731. The molecule has 2 aliphatic rings. The van der Waals surface area contributed by atoms with Crippen molar-refractivity contribution in [3.63, 3.8) is 0 Å². The summed E-state index contributed by atoms with van der Waals surface area (Å²) in [6.07, 6.45) is 8.34. The summed E-state index contributed by atoms with van der Waals surface area (Å²) in [7, 11) is 3.26. The molecule has 0 atom stereocenters. The van der Waals surface area contributed by atoms with Gasteiger partial charge in [-0.1, -0.05) is 6.08 Å². The van der Waals surface area contributed by atoms with Crippen molar-refractivity contribution in [2.45, 2.75) is 6.42 Å². The third kappa shape index (κ3) is 1.41. The molecule has 2 rings (SSSR count). The van der Waals surface area contributed by atoms with E-state index in [4.69, 9.17) is 14.2 Å². The number of fused-ring (bicyclic) bond motifs is 1. The van der Waals surface area contributed by atoms with Crippen molar-refractivity contribution in [1.82, 2.24) is 0 Å². The molecule has 74 valence electrons. The van der Waals surface area contributed by atoms with Gasteiger partial charge in [0.1, 0.15) is 6.26 Å². The first-order valence-corrected chi connectivity index (χ1v) is 4.41. The van der Waals surface area contributed by atoms with Crippen LogP contribution < -0.4 is 0 Å². The fraction of sp³-hybridized carbons (Fsp3) is 0.273. The number of hydrogen-bond acceptors (Lipinski definition) is 3. The predicted octanol–water partition coefficient (Wildman–Crippen LogP) is 2.25. The number of allylic oxidation sites excluding steroid dienone is 4. The Morgan fingerprint density at radius 3 is 2.86 bits per heavy atom. The van der Waals surface area contributed by atoms with Crippen LogP contribution in [0.3, 0.4) is 0 Å². The minimum atomic E-state index is 0.731. The Kier molecular flexibility index (Phi) is 2.31. The third-order valence-corrected chi connectivity index (χ3v) is 2.19. The van der Waals surface area contributed by atoms with Crippen LogP contribution in [-0.4, -0.2) is 14.2 Å². The van der Waals surface area contributed by atoms with Crippen molar-refractivity contribution in [2.75, 3.05) is 14.2 Å². The van der Waals surface area contributed by atoms with Crippen LogP contribution in [0.4, 0.5) is 0 Å². The van der Waals surface area contributed by atoms with Crippen LogP contribution in [0.5, 0.6) is 0 Å². The Labute approximate surface area is 83.0 Å². The van der Waals surface area contributed by atoms with E-state index in [2.05, 4.69) is 0 Å². The molecule has 0 aromatic heterocycles. The average molecular weight is 192 g/mol. The molecule has 0 saturated carbocycles. The zero-order valence-electron chi connectivity index (χ0n) is 8.24. The van der Waals surface area contributed by atoms with E-state index in [1.54, 1.807) is 20.5 Å². The molecule has 0 amide bonds. The zero-order chi connectivity index (χ0) is 9.97. The number of methoxy groups -OCH3 is 2. The summed E-state index contributed by atoms with van der Waals surface area (Å²) in [6, 6.07) is 0. The molecule has 0 N–H and O–H groups in total. The highest BCUT2D eigenvalue weighted by atomic mass is 16.5. The maximum absolute atomic E-state index is 5.44. The lowest BCUT2D eigenvalue weighted by Crippen LogP contribution is -2.06. The SMILES string of the molecule is COC1=COC2=C(OC)C=CCC2=C1. The lowest BCUT2D eigenvalue weighted by atomic mass is 10.0. The van der Waals surface area contributed by atoms with E-state index in [1.807, 2.05) is 18.2 Å². The van der Waals surface area contributed by atoms with Gasteiger partial charge < -0.3 is 14.2 Å². The van der Waals surface area contributed by atoms with Crippen molar-refractivity contribution < 1.29 is 14.2 Å². The van der Waals surface area contributed by atoms with Crippen LogP contribution >= 0.6 is 0 Å². The van der Waals surface area contributed by atoms with Gasteiger partial charge in [-0.2, -0.15) is 0 Å². The highest BCUT2D eigenvalue weighted by molar-refractivity contribution is 5.44. The van der Waals surface area contributed by atoms with Gasteiger partial charge >= 0.3 is 0 Å². The molecule has 3 nitrogen and oxygen atoms in total. The average Bonchev–Trinajstić information content (AvgIpc) is 2.27. The molecule has 3 heteroatoms. The standard InChI is InChI=1S/C11H12O3/c1-12-9-6-8-4-3-5-10(13-2)11(8)14-7-9/h3,5-7H,4H2,1-2H3. The minimum Gasteiger partial charge on any atom is -0.494 e. The molecule has 1 heterocycles. The van der Waals surface area contributed by atoms with Gasteiger partial charge in [-0.25, -0.2) is 0 Å². The molecule has 0 aromatic carbocycles. The van der Waals surface area contributed by atoms with E-state index in [-0.39, 0.29) is 0 Å². The van der Waals surface area contributed by atoms with Crippen molar-refractivity contribution >= 4 is 0 Å². The van der Waals surface area contributed by atoms with Gasteiger partial charge in [-0.15, -0.1) is 0 Å². The molecular formula is C11H12O3. The first kappa shape index (κ1) is 8.94. The Morgan fingerprint density at radius 2 is 2.14 bits per heavy atom. The highest BCUT2D eigenvalue weighted by Crippen LogP contribution is 2.30. The molecule has 14 heavy (non-hydrogen) atoms. The summed E-state index contributed by atoms with van der Waals surface area (Å²) >= 11 is 0. The normalized spacial score (nSPS) is 19.3. The zero-order valence-corrected chi connectivity index (χ0v) is 8.24. The number of rotatable bonds is 2. The molecule has 0 fully saturated rings. The third-order valence-electron chi connectivity index (χ3n) is 2.19. The number of hydrogen-bond donors (Lipinski definition) is 0. The molecule has 0 aromatic rings. The van der Waals surface area contributed by atoms with Crippen LogP contribution in [0, 0.1) is 0 Å². The van der Waals surface area contributed by atoms with Gasteiger partial charge in [0, 0.05) is 5.57 Å². The Hall–Kier alpha value is -1.64. The van der Waals surface area contributed by atoms with Gasteiger partial charge in [0.25, 0.3) is 0 Å². The van der Waals surface area contributed by atoms with Crippen LogP contribution in [0.15, 0.2) is 47.3 Å². The summed E-state index contributed by atoms with van der Waals surface area (Å²) in [5.74, 6) is 2.28. The summed E-state index contributed by atoms with van der Waals surface area (Å²) in [5.41, 5.74) is 1.09. The summed E-state index contributed by atoms with van der Waals surface area (Å²) < 4.78 is 15.7. The second kappa shape index (κ2) is 3.62. The summed E-state index contributed by atoms with van der Waals surface area (Å²) in [4.78, 5) is 0. The second-order valence-electron chi connectivity index (χ2n) is 3.02. The van der Waals surface area contributed by atoms with E-state index in [1.165, 1.54) is 0 Å². The molecule has 0 saturated heterocycles. The van der Waals surface area contributed by atoms with Crippen LogP contribution in [0.1, 0.15) is 6.42 Å². The molecular weight excluding hydrogens is 180 g/mol. The largest absolute Gasteiger partial charge is 0.494 e. The molecule has 0 bridgehead atoms. The lowest BCUT2D eigenvalue weighted by molar-refractivity contribution is 0.231. The van der Waals surface area contributed by atoms with Gasteiger partial charge in [0.2, 0.25) is 0 Å². The Morgan fingerprint density at radius 1 is 1.29 bits per heavy atom. The van der Waals surface area contributed by atoms with Gasteiger partial charge in [-0.3, -0.25) is 0 Å². The Balaban J connectivity index is 2.34. The summed E-state index contributed by atoms with van der Waals surface area (Å²) in [5, 5.41) is 0. The van der Waals surface area contributed by atoms with Gasteiger partial charge in [0.05, 0.1) is 14.2 Å².